The lowest BCUT2D eigenvalue weighted by molar-refractivity contribution is 0.0329. The molecular formula is C23H23N3O3. The zero-order chi connectivity index (χ0) is 20.0. The number of nitrogens with one attached hydrogen (secondary N) is 1. The number of methoxy groups -OCH3 is 1. The lowest BCUT2D eigenvalue weighted by Crippen LogP contribution is -2.49. The molecule has 29 heavy (non-hydrogen) atoms. The van der Waals surface area contributed by atoms with E-state index in [0.717, 1.165) is 46.5 Å². The Morgan fingerprint density at radius 3 is 2.83 bits per heavy atom. The van der Waals surface area contributed by atoms with Crippen LogP contribution in [0.4, 0.5) is 0 Å². The highest BCUT2D eigenvalue weighted by Crippen LogP contribution is 2.38. The van der Waals surface area contributed by atoms with Crippen molar-refractivity contribution in [2.75, 3.05) is 20.2 Å². The number of hydrogen-bond donors (Lipinski definition) is 1. The summed E-state index contributed by atoms with van der Waals surface area (Å²) in [6.45, 7) is 3.30. The van der Waals surface area contributed by atoms with Crippen molar-refractivity contribution in [2.45, 2.75) is 25.4 Å². The van der Waals surface area contributed by atoms with Crippen molar-refractivity contribution < 1.29 is 14.3 Å². The van der Waals surface area contributed by atoms with Gasteiger partial charge in [0.05, 0.1) is 12.6 Å². The average Bonchev–Trinajstić information content (AvgIpc) is 3.13. The number of aromatic nitrogens is 2. The molecule has 2 aliphatic rings. The van der Waals surface area contributed by atoms with Gasteiger partial charge in [-0.2, -0.15) is 5.10 Å². The van der Waals surface area contributed by atoms with E-state index in [2.05, 4.69) is 22.3 Å². The minimum absolute atomic E-state index is 0.0485. The van der Waals surface area contributed by atoms with Crippen LogP contribution in [-0.4, -0.2) is 46.8 Å². The molecule has 0 aliphatic carbocycles. The van der Waals surface area contributed by atoms with E-state index in [-0.39, 0.29) is 11.5 Å². The number of likely N-dealkylation sites (tertiary alicyclic amines) is 1. The van der Waals surface area contributed by atoms with E-state index in [1.807, 2.05) is 48.2 Å². The fourth-order valence-electron chi connectivity index (χ4n) is 4.19. The molecule has 0 atom stereocenters. The van der Waals surface area contributed by atoms with E-state index in [1.165, 1.54) is 0 Å². The summed E-state index contributed by atoms with van der Waals surface area (Å²) in [4.78, 5) is 14.9. The number of ether oxygens (including phenoxy) is 2. The molecule has 2 aliphatic heterocycles. The molecule has 0 saturated carbocycles. The van der Waals surface area contributed by atoms with E-state index >= 15 is 0 Å². The van der Waals surface area contributed by atoms with Gasteiger partial charge in [-0.25, -0.2) is 0 Å². The van der Waals surface area contributed by atoms with Crippen molar-refractivity contribution in [3.63, 3.8) is 0 Å². The largest absolute Gasteiger partial charge is 0.497 e. The third-order valence-corrected chi connectivity index (χ3v) is 5.99. The number of nitrogens with zero attached hydrogens (tertiary/aromatic N) is 2. The number of aromatic amines is 1. The highest BCUT2D eigenvalue weighted by atomic mass is 16.5. The molecule has 5 rings (SSSR count). The van der Waals surface area contributed by atoms with Crippen LogP contribution in [-0.2, 0) is 0 Å². The monoisotopic (exact) mass is 389 g/mol. The summed E-state index contributed by atoms with van der Waals surface area (Å²) < 4.78 is 11.6. The second kappa shape index (κ2) is 6.65. The molecule has 3 aromatic rings. The Morgan fingerprint density at radius 1 is 1.21 bits per heavy atom. The summed E-state index contributed by atoms with van der Waals surface area (Å²) >= 11 is 0. The summed E-state index contributed by atoms with van der Waals surface area (Å²) in [7, 11) is 1.66. The van der Waals surface area contributed by atoms with E-state index in [1.54, 1.807) is 7.11 Å². The quantitative estimate of drug-likeness (QED) is 0.720. The van der Waals surface area contributed by atoms with Gasteiger partial charge in [0.25, 0.3) is 5.91 Å². The molecule has 148 valence electrons. The van der Waals surface area contributed by atoms with Crippen molar-refractivity contribution in [1.82, 2.24) is 15.1 Å². The first-order chi connectivity index (χ1) is 14.1. The van der Waals surface area contributed by atoms with Crippen molar-refractivity contribution in [2.24, 2.45) is 0 Å². The Morgan fingerprint density at radius 2 is 2.03 bits per heavy atom. The standard InChI is InChI=1S/C23H23N3O3/c1-15-19-5-3-17(14-20(19)25-24-15)22(27)26-11-9-23(10-12-26)8-7-16-13-18(28-2)4-6-21(16)29-23/h3-8,13-14H,9-12H2,1-2H3,(H,24,25). The fraction of sp³-hybridized carbons (Fsp3) is 0.304. The Hall–Kier alpha value is -3.28. The van der Waals surface area contributed by atoms with E-state index in [4.69, 9.17) is 9.47 Å². The summed E-state index contributed by atoms with van der Waals surface area (Å²) in [6.07, 6.45) is 5.77. The number of H-pyrrole nitrogens is 1. The fourth-order valence-corrected chi connectivity index (χ4v) is 4.19. The van der Waals surface area contributed by atoms with Gasteiger partial charge in [0.1, 0.15) is 17.1 Å². The van der Waals surface area contributed by atoms with Crippen LogP contribution < -0.4 is 9.47 Å². The summed E-state index contributed by atoms with van der Waals surface area (Å²) in [5, 5.41) is 8.30. The van der Waals surface area contributed by atoms with Gasteiger partial charge < -0.3 is 14.4 Å². The zero-order valence-electron chi connectivity index (χ0n) is 16.6. The summed E-state index contributed by atoms with van der Waals surface area (Å²) in [6, 6.07) is 11.6. The van der Waals surface area contributed by atoms with Crippen molar-refractivity contribution >= 4 is 22.9 Å². The first-order valence-electron chi connectivity index (χ1n) is 9.87. The van der Waals surface area contributed by atoms with Gasteiger partial charge >= 0.3 is 0 Å². The maximum Gasteiger partial charge on any atom is 0.253 e. The van der Waals surface area contributed by atoms with Crippen LogP contribution in [0, 0.1) is 6.92 Å². The molecule has 2 aromatic carbocycles. The molecule has 0 radical (unpaired) electrons. The molecule has 3 heterocycles. The number of hydrogen-bond acceptors (Lipinski definition) is 4. The molecule has 6 heteroatoms. The minimum Gasteiger partial charge on any atom is -0.497 e. The third kappa shape index (κ3) is 3.05. The van der Waals surface area contributed by atoms with Crippen LogP contribution in [0.1, 0.15) is 34.5 Å². The van der Waals surface area contributed by atoms with Crippen LogP contribution >= 0.6 is 0 Å². The second-order valence-corrected chi connectivity index (χ2v) is 7.78. The van der Waals surface area contributed by atoms with Crippen LogP contribution in [0.5, 0.6) is 11.5 Å². The minimum atomic E-state index is -0.346. The van der Waals surface area contributed by atoms with Gasteiger partial charge in [0, 0.05) is 48.1 Å². The van der Waals surface area contributed by atoms with Crippen LogP contribution in [0.15, 0.2) is 42.5 Å². The molecular weight excluding hydrogens is 366 g/mol. The predicted octanol–water partition coefficient (Wildman–Crippen LogP) is 3.96. The number of fused-ring (bicyclic) bond motifs is 2. The SMILES string of the molecule is COc1ccc2c(c1)C=CC1(CCN(C(=O)c3ccc4c(C)[nH]nc4c3)CC1)O2. The van der Waals surface area contributed by atoms with Gasteiger partial charge in [-0.1, -0.05) is 12.1 Å². The highest BCUT2D eigenvalue weighted by molar-refractivity contribution is 5.98. The number of piperidine rings is 1. The van der Waals surface area contributed by atoms with E-state index in [0.29, 0.717) is 18.7 Å². The van der Waals surface area contributed by atoms with Gasteiger partial charge in [-0.05, 0) is 43.3 Å². The Kier molecular flexibility index (Phi) is 4.08. The number of benzene rings is 2. The third-order valence-electron chi connectivity index (χ3n) is 5.99. The first-order valence-corrected chi connectivity index (χ1v) is 9.87. The summed E-state index contributed by atoms with van der Waals surface area (Å²) in [5.74, 6) is 1.73. The molecule has 1 aromatic heterocycles. The summed E-state index contributed by atoms with van der Waals surface area (Å²) in [5.41, 5.74) is 3.20. The molecule has 1 spiro atoms. The molecule has 0 unspecified atom stereocenters. The predicted molar refractivity (Wildman–Crippen MR) is 111 cm³/mol. The smallest absolute Gasteiger partial charge is 0.253 e. The van der Waals surface area contributed by atoms with Crippen LogP contribution in [0.3, 0.4) is 0 Å². The number of amides is 1. The number of aryl methyl sites for hydroxylation is 1. The van der Waals surface area contributed by atoms with Crippen molar-refractivity contribution in [3.05, 3.63) is 59.3 Å². The van der Waals surface area contributed by atoms with E-state index in [9.17, 15) is 4.79 Å². The number of carbonyl (C=O) groups excluding carboxylic acids is 1. The molecule has 1 saturated heterocycles. The van der Waals surface area contributed by atoms with E-state index < -0.39 is 0 Å². The van der Waals surface area contributed by atoms with Gasteiger partial charge in [0.15, 0.2) is 0 Å². The zero-order valence-corrected chi connectivity index (χ0v) is 16.6. The Bertz CT molecular complexity index is 1120. The normalized spacial score (nSPS) is 17.2. The molecule has 1 N–H and O–H groups in total. The van der Waals surface area contributed by atoms with Crippen molar-refractivity contribution in [1.29, 1.82) is 0 Å². The molecule has 1 amide bonds. The van der Waals surface area contributed by atoms with Crippen LogP contribution in [0.25, 0.3) is 17.0 Å². The Balaban J connectivity index is 1.30. The Labute approximate surface area is 169 Å². The molecule has 1 fully saturated rings. The maximum absolute atomic E-state index is 13.0. The van der Waals surface area contributed by atoms with Crippen LogP contribution in [0.2, 0.25) is 0 Å². The van der Waals surface area contributed by atoms with Gasteiger partial charge in [-0.3, -0.25) is 9.89 Å². The maximum atomic E-state index is 13.0. The lowest BCUT2D eigenvalue weighted by atomic mass is 9.88. The second-order valence-electron chi connectivity index (χ2n) is 7.78. The molecule has 0 bridgehead atoms. The highest BCUT2D eigenvalue weighted by Gasteiger charge is 2.38. The first kappa shape index (κ1) is 17.8. The van der Waals surface area contributed by atoms with Crippen molar-refractivity contribution in [3.8, 4) is 11.5 Å². The number of carbonyl (C=O) groups is 1. The number of rotatable bonds is 2. The average molecular weight is 389 g/mol. The lowest BCUT2D eigenvalue weighted by Gasteiger charge is -2.42. The topological polar surface area (TPSA) is 67.5 Å². The van der Waals surface area contributed by atoms with Gasteiger partial charge in [0.2, 0.25) is 0 Å². The van der Waals surface area contributed by atoms with Gasteiger partial charge in [-0.15, -0.1) is 0 Å². The molecule has 6 nitrogen and oxygen atoms in total.